The van der Waals surface area contributed by atoms with Crippen molar-refractivity contribution in [1.82, 2.24) is 9.88 Å². The van der Waals surface area contributed by atoms with Crippen molar-refractivity contribution in [3.8, 4) is 0 Å². The standard InChI is InChI=1S/C14H22N2O/c1-10-6-4-7-12(11(10)2)15-14(17)13-8-5-9-16(13)3/h5,8-12H,4,6-7H2,1-3H3,(H,15,17). The lowest BCUT2D eigenvalue weighted by Gasteiger charge is -2.34. The van der Waals surface area contributed by atoms with Crippen LogP contribution in [0.2, 0.25) is 0 Å². The van der Waals surface area contributed by atoms with Crippen molar-refractivity contribution in [3.05, 3.63) is 24.0 Å². The van der Waals surface area contributed by atoms with Gasteiger partial charge in [0.1, 0.15) is 5.69 Å². The maximum Gasteiger partial charge on any atom is 0.268 e. The molecule has 3 heteroatoms. The van der Waals surface area contributed by atoms with Crippen LogP contribution in [0, 0.1) is 11.8 Å². The van der Waals surface area contributed by atoms with Crippen molar-refractivity contribution < 1.29 is 4.79 Å². The smallest absolute Gasteiger partial charge is 0.268 e. The Kier molecular flexibility index (Phi) is 3.55. The van der Waals surface area contributed by atoms with E-state index in [2.05, 4.69) is 19.2 Å². The summed E-state index contributed by atoms with van der Waals surface area (Å²) < 4.78 is 1.87. The van der Waals surface area contributed by atoms with Gasteiger partial charge in [-0.15, -0.1) is 0 Å². The van der Waals surface area contributed by atoms with Crippen LogP contribution < -0.4 is 5.32 Å². The van der Waals surface area contributed by atoms with Crippen molar-refractivity contribution in [2.45, 2.75) is 39.2 Å². The Hall–Kier alpha value is -1.25. The van der Waals surface area contributed by atoms with E-state index in [4.69, 9.17) is 0 Å². The Labute approximate surface area is 103 Å². The molecule has 3 nitrogen and oxygen atoms in total. The van der Waals surface area contributed by atoms with Crippen LogP contribution in [-0.2, 0) is 7.05 Å². The average Bonchev–Trinajstić information content (AvgIpc) is 2.71. The number of carbonyl (C=O) groups excluding carboxylic acids is 1. The Balaban J connectivity index is 2.01. The Morgan fingerprint density at radius 3 is 2.82 bits per heavy atom. The molecule has 1 aromatic heterocycles. The number of aryl methyl sites for hydroxylation is 1. The van der Waals surface area contributed by atoms with Crippen molar-refractivity contribution in [3.63, 3.8) is 0 Å². The lowest BCUT2D eigenvalue weighted by molar-refractivity contribution is 0.0883. The number of amides is 1. The Morgan fingerprint density at radius 2 is 2.18 bits per heavy atom. The maximum atomic E-state index is 12.1. The largest absolute Gasteiger partial charge is 0.348 e. The third kappa shape index (κ3) is 2.54. The third-order valence-corrected chi connectivity index (χ3v) is 4.20. The van der Waals surface area contributed by atoms with Crippen LogP contribution in [-0.4, -0.2) is 16.5 Å². The monoisotopic (exact) mass is 234 g/mol. The maximum absolute atomic E-state index is 12.1. The molecule has 0 aromatic carbocycles. The fourth-order valence-electron chi connectivity index (χ4n) is 2.73. The molecule has 0 radical (unpaired) electrons. The van der Waals surface area contributed by atoms with E-state index in [1.165, 1.54) is 12.8 Å². The predicted octanol–water partition coefficient (Wildman–Crippen LogP) is 2.58. The molecular weight excluding hydrogens is 212 g/mol. The minimum atomic E-state index is 0.0588. The number of nitrogens with zero attached hydrogens (tertiary/aromatic N) is 1. The van der Waals surface area contributed by atoms with Gasteiger partial charge in [-0.2, -0.15) is 0 Å². The average molecular weight is 234 g/mol. The number of aromatic nitrogens is 1. The molecule has 1 amide bonds. The zero-order chi connectivity index (χ0) is 12.4. The molecule has 1 heterocycles. The van der Waals surface area contributed by atoms with Crippen molar-refractivity contribution in [1.29, 1.82) is 0 Å². The fourth-order valence-corrected chi connectivity index (χ4v) is 2.73. The summed E-state index contributed by atoms with van der Waals surface area (Å²) in [5, 5.41) is 3.18. The van der Waals surface area contributed by atoms with Gasteiger partial charge in [-0.05, 0) is 30.4 Å². The van der Waals surface area contributed by atoms with Crippen LogP contribution in [0.25, 0.3) is 0 Å². The van der Waals surface area contributed by atoms with Gasteiger partial charge in [-0.25, -0.2) is 0 Å². The molecule has 1 aliphatic carbocycles. The van der Waals surface area contributed by atoms with Gasteiger partial charge in [0.05, 0.1) is 0 Å². The molecule has 1 aromatic rings. The molecule has 2 rings (SSSR count). The molecule has 0 aliphatic heterocycles. The zero-order valence-corrected chi connectivity index (χ0v) is 10.9. The first-order valence-corrected chi connectivity index (χ1v) is 6.52. The lowest BCUT2D eigenvalue weighted by Crippen LogP contribution is -2.44. The van der Waals surface area contributed by atoms with Gasteiger partial charge in [-0.3, -0.25) is 4.79 Å². The second-order valence-corrected chi connectivity index (χ2v) is 5.35. The van der Waals surface area contributed by atoms with E-state index in [-0.39, 0.29) is 5.91 Å². The molecule has 1 fully saturated rings. The molecule has 3 unspecified atom stereocenters. The van der Waals surface area contributed by atoms with Gasteiger partial charge in [0.2, 0.25) is 0 Å². The Morgan fingerprint density at radius 1 is 1.41 bits per heavy atom. The molecule has 0 bridgehead atoms. The first kappa shape index (κ1) is 12.2. The predicted molar refractivity (Wildman–Crippen MR) is 68.8 cm³/mol. The third-order valence-electron chi connectivity index (χ3n) is 4.20. The van der Waals surface area contributed by atoms with Gasteiger partial charge in [0, 0.05) is 19.3 Å². The first-order valence-electron chi connectivity index (χ1n) is 6.52. The SMILES string of the molecule is CC1CCCC(NC(=O)c2cccn2C)C1C. The highest BCUT2D eigenvalue weighted by molar-refractivity contribution is 5.92. The quantitative estimate of drug-likeness (QED) is 0.838. The highest BCUT2D eigenvalue weighted by atomic mass is 16.2. The number of hydrogen-bond acceptors (Lipinski definition) is 1. The molecule has 1 N–H and O–H groups in total. The van der Waals surface area contributed by atoms with E-state index in [1.54, 1.807) is 0 Å². The van der Waals surface area contributed by atoms with Crippen LogP contribution in [0.5, 0.6) is 0 Å². The van der Waals surface area contributed by atoms with Crippen LogP contribution in [0.1, 0.15) is 43.6 Å². The van der Waals surface area contributed by atoms with Crippen LogP contribution in [0.4, 0.5) is 0 Å². The molecule has 0 saturated heterocycles. The van der Waals surface area contributed by atoms with Gasteiger partial charge in [0.15, 0.2) is 0 Å². The normalized spacial score (nSPS) is 29.0. The van der Waals surface area contributed by atoms with Crippen LogP contribution in [0.3, 0.4) is 0 Å². The van der Waals surface area contributed by atoms with E-state index in [0.29, 0.717) is 17.9 Å². The number of rotatable bonds is 2. The number of hydrogen-bond donors (Lipinski definition) is 1. The van der Waals surface area contributed by atoms with Crippen molar-refractivity contribution >= 4 is 5.91 Å². The lowest BCUT2D eigenvalue weighted by atomic mass is 9.78. The summed E-state index contributed by atoms with van der Waals surface area (Å²) in [6.07, 6.45) is 5.53. The minimum Gasteiger partial charge on any atom is -0.348 e. The second-order valence-electron chi connectivity index (χ2n) is 5.35. The molecule has 17 heavy (non-hydrogen) atoms. The van der Waals surface area contributed by atoms with Crippen LogP contribution >= 0.6 is 0 Å². The summed E-state index contributed by atoms with van der Waals surface area (Å²) >= 11 is 0. The number of carbonyl (C=O) groups is 1. The molecular formula is C14H22N2O. The van der Waals surface area contributed by atoms with Gasteiger partial charge in [0.25, 0.3) is 5.91 Å². The van der Waals surface area contributed by atoms with E-state index >= 15 is 0 Å². The second kappa shape index (κ2) is 4.94. The van der Waals surface area contributed by atoms with Crippen LogP contribution in [0.15, 0.2) is 18.3 Å². The van der Waals surface area contributed by atoms with Gasteiger partial charge in [-0.1, -0.05) is 26.7 Å². The highest BCUT2D eigenvalue weighted by Crippen LogP contribution is 2.29. The van der Waals surface area contributed by atoms with E-state index in [0.717, 1.165) is 12.1 Å². The number of nitrogens with one attached hydrogen (secondary N) is 1. The zero-order valence-electron chi connectivity index (χ0n) is 10.9. The topological polar surface area (TPSA) is 34.0 Å². The van der Waals surface area contributed by atoms with E-state index in [1.807, 2.05) is 29.9 Å². The molecule has 0 spiro atoms. The summed E-state index contributed by atoms with van der Waals surface area (Å²) in [7, 11) is 1.90. The van der Waals surface area contributed by atoms with Gasteiger partial charge < -0.3 is 9.88 Å². The summed E-state index contributed by atoms with van der Waals surface area (Å²) in [5.41, 5.74) is 0.746. The van der Waals surface area contributed by atoms with Crippen molar-refractivity contribution in [2.24, 2.45) is 18.9 Å². The summed E-state index contributed by atoms with van der Waals surface area (Å²) in [4.78, 5) is 12.1. The van der Waals surface area contributed by atoms with Crippen molar-refractivity contribution in [2.75, 3.05) is 0 Å². The molecule has 1 saturated carbocycles. The van der Waals surface area contributed by atoms with E-state index < -0.39 is 0 Å². The fraction of sp³-hybridized carbons (Fsp3) is 0.643. The molecule has 94 valence electrons. The molecule has 3 atom stereocenters. The summed E-state index contributed by atoms with van der Waals surface area (Å²) in [5.74, 6) is 1.35. The first-order chi connectivity index (χ1) is 8.09. The highest BCUT2D eigenvalue weighted by Gasteiger charge is 2.28. The summed E-state index contributed by atoms with van der Waals surface area (Å²) in [6, 6.07) is 4.11. The minimum absolute atomic E-state index is 0.0588. The summed E-state index contributed by atoms with van der Waals surface area (Å²) in [6.45, 7) is 4.53. The molecule has 1 aliphatic rings. The van der Waals surface area contributed by atoms with E-state index in [9.17, 15) is 4.79 Å². The van der Waals surface area contributed by atoms with Gasteiger partial charge >= 0.3 is 0 Å². The Bertz CT molecular complexity index is 397.